The van der Waals surface area contributed by atoms with Crippen LogP contribution in [0.5, 0.6) is 0 Å². The molecule has 1 aliphatic rings. The Morgan fingerprint density at radius 3 is 2.70 bits per heavy atom. The number of anilines is 1. The van der Waals surface area contributed by atoms with E-state index in [1.54, 1.807) is 7.11 Å². The largest absolute Gasteiger partial charge is 0.382 e. The molecule has 0 amide bonds. The molecule has 1 saturated heterocycles. The Balaban J connectivity index is 1.84. The number of aromatic nitrogens is 3. The van der Waals surface area contributed by atoms with Crippen LogP contribution < -0.4 is 10.6 Å². The lowest BCUT2D eigenvalue weighted by atomic mass is 9.91. The van der Waals surface area contributed by atoms with Gasteiger partial charge in [0.05, 0.1) is 6.10 Å². The second kappa shape index (κ2) is 7.04. The predicted octanol–water partition coefficient (Wildman–Crippen LogP) is 1.34. The van der Waals surface area contributed by atoms with E-state index in [0.717, 1.165) is 50.5 Å². The lowest BCUT2D eigenvalue weighted by Crippen LogP contribution is -2.40. The van der Waals surface area contributed by atoms with Crippen molar-refractivity contribution in [2.75, 3.05) is 25.1 Å². The molecular weight excluding hydrogens is 254 g/mol. The molecule has 20 heavy (non-hydrogen) atoms. The maximum absolute atomic E-state index is 5.97. The fourth-order valence-corrected chi connectivity index (χ4v) is 2.62. The van der Waals surface area contributed by atoms with Crippen LogP contribution in [0.1, 0.15) is 38.9 Å². The van der Waals surface area contributed by atoms with Gasteiger partial charge in [0.25, 0.3) is 0 Å². The second-order valence-electron chi connectivity index (χ2n) is 5.85. The Morgan fingerprint density at radius 1 is 1.40 bits per heavy atom. The summed E-state index contributed by atoms with van der Waals surface area (Å²) in [5, 5.41) is 7.36. The summed E-state index contributed by atoms with van der Waals surface area (Å²) < 4.78 is 5.24. The SMILES string of the molecule is COC(C)CCc1nc(N2CCC(C(C)N)CC2)n[nH]1. The van der Waals surface area contributed by atoms with Crippen LogP contribution in [0.25, 0.3) is 0 Å². The molecule has 0 spiro atoms. The summed E-state index contributed by atoms with van der Waals surface area (Å²) in [4.78, 5) is 6.83. The van der Waals surface area contributed by atoms with Gasteiger partial charge >= 0.3 is 0 Å². The number of ether oxygens (including phenoxy) is 1. The van der Waals surface area contributed by atoms with Crippen molar-refractivity contribution < 1.29 is 4.74 Å². The van der Waals surface area contributed by atoms with Crippen LogP contribution in [-0.4, -0.2) is 47.5 Å². The molecule has 3 N–H and O–H groups in total. The highest BCUT2D eigenvalue weighted by molar-refractivity contribution is 5.29. The standard InChI is InChI=1S/C14H27N5O/c1-10(20-3)4-5-13-16-14(18-17-13)19-8-6-12(7-9-19)11(2)15/h10-12H,4-9,15H2,1-3H3,(H,16,17,18). The third-order valence-electron chi connectivity index (χ3n) is 4.28. The Morgan fingerprint density at radius 2 is 2.10 bits per heavy atom. The van der Waals surface area contributed by atoms with Gasteiger partial charge in [-0.25, -0.2) is 0 Å². The molecule has 1 aromatic heterocycles. The van der Waals surface area contributed by atoms with Gasteiger partial charge in [0.1, 0.15) is 5.82 Å². The first-order valence-corrected chi connectivity index (χ1v) is 7.54. The van der Waals surface area contributed by atoms with Crippen LogP contribution in [0.2, 0.25) is 0 Å². The van der Waals surface area contributed by atoms with Gasteiger partial charge in [0, 0.05) is 32.7 Å². The minimum absolute atomic E-state index is 0.255. The van der Waals surface area contributed by atoms with E-state index in [1.807, 2.05) is 0 Å². The Bertz CT molecular complexity index is 398. The van der Waals surface area contributed by atoms with E-state index in [-0.39, 0.29) is 12.1 Å². The number of hydrogen-bond donors (Lipinski definition) is 2. The van der Waals surface area contributed by atoms with Crippen molar-refractivity contribution in [3.8, 4) is 0 Å². The average Bonchev–Trinajstić information content (AvgIpc) is 2.93. The Kier molecular flexibility index (Phi) is 5.37. The summed E-state index contributed by atoms with van der Waals surface area (Å²) in [6.45, 7) is 6.16. The van der Waals surface area contributed by atoms with Gasteiger partial charge in [0.15, 0.2) is 0 Å². The number of aromatic amines is 1. The lowest BCUT2D eigenvalue weighted by molar-refractivity contribution is 0.111. The molecule has 0 radical (unpaired) electrons. The predicted molar refractivity (Wildman–Crippen MR) is 79.8 cm³/mol. The zero-order valence-electron chi connectivity index (χ0n) is 12.8. The van der Waals surface area contributed by atoms with Crippen molar-refractivity contribution in [3.63, 3.8) is 0 Å². The first-order valence-electron chi connectivity index (χ1n) is 7.54. The topological polar surface area (TPSA) is 80.1 Å². The zero-order chi connectivity index (χ0) is 14.5. The minimum atomic E-state index is 0.255. The zero-order valence-corrected chi connectivity index (χ0v) is 12.8. The van der Waals surface area contributed by atoms with Gasteiger partial charge < -0.3 is 15.4 Å². The first kappa shape index (κ1) is 15.3. The lowest BCUT2D eigenvalue weighted by Gasteiger charge is -2.32. The third kappa shape index (κ3) is 3.93. The van der Waals surface area contributed by atoms with Gasteiger partial charge in [-0.3, -0.25) is 5.10 Å². The number of methoxy groups -OCH3 is 1. The summed E-state index contributed by atoms with van der Waals surface area (Å²) in [7, 11) is 1.74. The van der Waals surface area contributed by atoms with E-state index >= 15 is 0 Å². The van der Waals surface area contributed by atoms with Gasteiger partial charge in [-0.15, -0.1) is 5.10 Å². The third-order valence-corrected chi connectivity index (χ3v) is 4.28. The summed E-state index contributed by atoms with van der Waals surface area (Å²) in [5.41, 5.74) is 5.97. The number of piperidine rings is 1. The van der Waals surface area contributed by atoms with Gasteiger partial charge in [-0.05, 0) is 39.0 Å². The molecule has 2 heterocycles. The van der Waals surface area contributed by atoms with E-state index in [9.17, 15) is 0 Å². The average molecular weight is 281 g/mol. The van der Waals surface area contributed by atoms with Crippen LogP contribution in [0, 0.1) is 5.92 Å². The Labute approximate surface area is 121 Å². The molecule has 114 valence electrons. The van der Waals surface area contributed by atoms with Crippen LogP contribution in [0.3, 0.4) is 0 Å². The molecule has 2 atom stereocenters. The molecule has 6 nitrogen and oxygen atoms in total. The van der Waals surface area contributed by atoms with Crippen molar-refractivity contribution in [1.29, 1.82) is 0 Å². The van der Waals surface area contributed by atoms with E-state index < -0.39 is 0 Å². The van der Waals surface area contributed by atoms with E-state index in [4.69, 9.17) is 10.5 Å². The maximum Gasteiger partial charge on any atom is 0.244 e. The number of aryl methyl sites for hydroxylation is 1. The molecular formula is C14H27N5O. The molecule has 1 aliphatic heterocycles. The molecule has 0 saturated carbocycles. The summed E-state index contributed by atoms with van der Waals surface area (Å²) >= 11 is 0. The summed E-state index contributed by atoms with van der Waals surface area (Å²) in [5.74, 6) is 2.40. The number of nitrogens with two attached hydrogens (primary N) is 1. The molecule has 1 aromatic rings. The van der Waals surface area contributed by atoms with Crippen molar-refractivity contribution >= 4 is 5.95 Å². The van der Waals surface area contributed by atoms with Crippen molar-refractivity contribution in [2.45, 2.75) is 51.7 Å². The Hall–Kier alpha value is -1.14. The van der Waals surface area contributed by atoms with E-state index in [2.05, 4.69) is 33.9 Å². The molecule has 6 heteroatoms. The summed E-state index contributed by atoms with van der Waals surface area (Å²) in [6.07, 6.45) is 4.34. The van der Waals surface area contributed by atoms with E-state index in [0.29, 0.717) is 5.92 Å². The number of hydrogen-bond acceptors (Lipinski definition) is 5. The number of H-pyrrole nitrogens is 1. The number of nitrogens with zero attached hydrogens (tertiary/aromatic N) is 3. The molecule has 1 fully saturated rings. The summed E-state index contributed by atoms with van der Waals surface area (Å²) in [6, 6.07) is 0.287. The van der Waals surface area contributed by atoms with Crippen LogP contribution in [0.4, 0.5) is 5.95 Å². The minimum Gasteiger partial charge on any atom is -0.382 e. The van der Waals surface area contributed by atoms with Crippen molar-refractivity contribution in [1.82, 2.24) is 15.2 Å². The van der Waals surface area contributed by atoms with Crippen molar-refractivity contribution in [2.24, 2.45) is 11.7 Å². The van der Waals surface area contributed by atoms with Gasteiger partial charge in [-0.2, -0.15) is 4.98 Å². The highest BCUT2D eigenvalue weighted by atomic mass is 16.5. The van der Waals surface area contributed by atoms with Crippen LogP contribution in [-0.2, 0) is 11.2 Å². The van der Waals surface area contributed by atoms with Gasteiger partial charge in [0.2, 0.25) is 5.95 Å². The van der Waals surface area contributed by atoms with Crippen molar-refractivity contribution in [3.05, 3.63) is 5.82 Å². The smallest absolute Gasteiger partial charge is 0.244 e. The van der Waals surface area contributed by atoms with Crippen LogP contribution >= 0.6 is 0 Å². The van der Waals surface area contributed by atoms with E-state index in [1.165, 1.54) is 0 Å². The second-order valence-corrected chi connectivity index (χ2v) is 5.85. The normalized spacial score (nSPS) is 20.1. The number of rotatable bonds is 6. The number of nitrogens with one attached hydrogen (secondary N) is 1. The maximum atomic E-state index is 5.97. The molecule has 0 aromatic carbocycles. The first-order chi connectivity index (χ1) is 9.60. The molecule has 2 unspecified atom stereocenters. The fraction of sp³-hybridized carbons (Fsp3) is 0.857. The molecule has 0 aliphatic carbocycles. The monoisotopic (exact) mass is 281 g/mol. The highest BCUT2D eigenvalue weighted by Gasteiger charge is 2.23. The molecule has 2 rings (SSSR count). The quantitative estimate of drug-likeness (QED) is 0.822. The van der Waals surface area contributed by atoms with Crippen LogP contribution in [0.15, 0.2) is 0 Å². The highest BCUT2D eigenvalue weighted by Crippen LogP contribution is 2.22. The molecule has 0 bridgehead atoms. The fourth-order valence-electron chi connectivity index (χ4n) is 2.62. The van der Waals surface area contributed by atoms with Gasteiger partial charge in [-0.1, -0.05) is 0 Å².